The van der Waals surface area contributed by atoms with Crippen LogP contribution in [0.15, 0.2) is 53.5 Å². The number of anilines is 1. The average Bonchev–Trinajstić information content (AvgIpc) is 3.18. The van der Waals surface area contributed by atoms with Crippen molar-refractivity contribution in [2.45, 2.75) is 33.0 Å². The third kappa shape index (κ3) is 4.54. The van der Waals surface area contributed by atoms with Gasteiger partial charge in [-0.3, -0.25) is 14.2 Å². The largest absolute Gasteiger partial charge is 0.419 e. The molecule has 4 rings (SSSR count). The van der Waals surface area contributed by atoms with Crippen molar-refractivity contribution in [2.24, 2.45) is 0 Å². The molecule has 0 bridgehead atoms. The first kappa shape index (κ1) is 23.1. The second-order valence-corrected chi connectivity index (χ2v) is 7.74. The molecule has 2 heterocycles. The topological polar surface area (TPSA) is 81.8 Å². The lowest BCUT2D eigenvalue weighted by Crippen LogP contribution is -2.26. The van der Waals surface area contributed by atoms with E-state index in [0.717, 1.165) is 17.3 Å². The van der Waals surface area contributed by atoms with E-state index in [1.165, 1.54) is 10.8 Å². The number of hydrogen-bond donors (Lipinski definition) is 1. The Kier molecular flexibility index (Phi) is 5.94. The maximum absolute atomic E-state index is 13.4. The van der Waals surface area contributed by atoms with E-state index in [0.29, 0.717) is 23.6 Å². The van der Waals surface area contributed by atoms with Gasteiger partial charge in [0.15, 0.2) is 5.65 Å². The van der Waals surface area contributed by atoms with E-state index < -0.39 is 29.0 Å². The molecule has 176 valence electrons. The maximum Gasteiger partial charge on any atom is 0.419 e. The molecule has 7 nitrogen and oxygen atoms in total. The number of aryl methyl sites for hydroxylation is 2. The Bertz CT molecular complexity index is 1440. The Hall–Kier alpha value is -4.02. The van der Waals surface area contributed by atoms with Crippen molar-refractivity contribution < 1.29 is 22.4 Å². The van der Waals surface area contributed by atoms with E-state index >= 15 is 0 Å². The summed E-state index contributed by atoms with van der Waals surface area (Å²) in [5, 5.41) is 6.83. The number of alkyl halides is 3. The number of rotatable bonds is 5. The summed E-state index contributed by atoms with van der Waals surface area (Å²) >= 11 is 0. The summed E-state index contributed by atoms with van der Waals surface area (Å²) in [7, 11) is 0. The molecule has 0 atom stereocenters. The fraction of sp³-hybridized carbons (Fsp3) is 0.217. The summed E-state index contributed by atoms with van der Waals surface area (Å²) in [5.74, 6) is -1.72. The summed E-state index contributed by atoms with van der Waals surface area (Å²) in [6.07, 6.45) is -3.70. The lowest BCUT2D eigenvalue weighted by Gasteiger charge is -2.12. The lowest BCUT2D eigenvalue weighted by molar-refractivity contribution is -0.140. The first-order valence-corrected chi connectivity index (χ1v) is 10.2. The number of nitrogens with one attached hydrogen (secondary N) is 1. The first-order chi connectivity index (χ1) is 16.0. The van der Waals surface area contributed by atoms with Crippen LogP contribution in [0.5, 0.6) is 0 Å². The molecule has 0 fully saturated rings. The van der Waals surface area contributed by atoms with Gasteiger partial charge < -0.3 is 5.32 Å². The molecule has 1 amide bonds. The quantitative estimate of drug-likeness (QED) is 0.436. The highest BCUT2D eigenvalue weighted by molar-refractivity contribution is 5.90. The molecule has 4 aromatic rings. The van der Waals surface area contributed by atoms with Crippen molar-refractivity contribution >= 4 is 22.6 Å². The van der Waals surface area contributed by atoms with Gasteiger partial charge in [0.05, 0.1) is 17.4 Å². The van der Waals surface area contributed by atoms with Crippen LogP contribution in [0.2, 0.25) is 0 Å². The fourth-order valence-electron chi connectivity index (χ4n) is 3.50. The van der Waals surface area contributed by atoms with Gasteiger partial charge in [0.25, 0.3) is 5.56 Å². The number of nitrogens with zero attached hydrogens (tertiary/aromatic N) is 4. The van der Waals surface area contributed by atoms with Gasteiger partial charge in [0.2, 0.25) is 5.91 Å². The van der Waals surface area contributed by atoms with Crippen LogP contribution >= 0.6 is 0 Å². The van der Waals surface area contributed by atoms with E-state index in [2.05, 4.69) is 15.4 Å². The zero-order valence-corrected chi connectivity index (χ0v) is 18.2. The Balaban J connectivity index is 1.53. The Labute approximate surface area is 190 Å². The van der Waals surface area contributed by atoms with Gasteiger partial charge in [-0.05, 0) is 44.2 Å². The zero-order valence-electron chi connectivity index (χ0n) is 18.2. The smallest absolute Gasteiger partial charge is 0.326 e. The first-order valence-electron chi connectivity index (χ1n) is 10.2. The second-order valence-electron chi connectivity index (χ2n) is 7.74. The summed E-state index contributed by atoms with van der Waals surface area (Å²) in [6.45, 7) is 3.51. The van der Waals surface area contributed by atoms with Crippen molar-refractivity contribution in [1.29, 1.82) is 0 Å². The van der Waals surface area contributed by atoms with Crippen LogP contribution in [-0.4, -0.2) is 25.2 Å². The van der Waals surface area contributed by atoms with E-state index in [-0.39, 0.29) is 24.0 Å². The van der Waals surface area contributed by atoms with Crippen LogP contribution in [0.4, 0.5) is 23.2 Å². The molecule has 0 saturated heterocycles. The van der Waals surface area contributed by atoms with E-state index in [1.807, 2.05) is 31.2 Å². The van der Waals surface area contributed by atoms with Crippen LogP contribution < -0.4 is 10.9 Å². The van der Waals surface area contributed by atoms with Crippen molar-refractivity contribution in [1.82, 2.24) is 19.3 Å². The molecule has 0 aliphatic rings. The van der Waals surface area contributed by atoms with Crippen LogP contribution in [0.1, 0.15) is 23.4 Å². The van der Waals surface area contributed by atoms with Crippen LogP contribution in [-0.2, 0) is 17.5 Å². The zero-order chi connectivity index (χ0) is 24.6. The van der Waals surface area contributed by atoms with Gasteiger partial charge in [-0.1, -0.05) is 17.7 Å². The molecule has 0 aliphatic carbocycles. The molecule has 2 aromatic carbocycles. The van der Waals surface area contributed by atoms with E-state index in [4.69, 9.17) is 0 Å². The van der Waals surface area contributed by atoms with Crippen LogP contribution in [0, 0.1) is 19.7 Å². The summed E-state index contributed by atoms with van der Waals surface area (Å²) < 4.78 is 54.9. The van der Waals surface area contributed by atoms with Gasteiger partial charge in [0, 0.05) is 18.7 Å². The molecule has 0 spiro atoms. The molecule has 0 unspecified atom stereocenters. The predicted molar refractivity (Wildman–Crippen MR) is 117 cm³/mol. The molecule has 34 heavy (non-hydrogen) atoms. The number of fused-ring (bicyclic) bond motifs is 1. The van der Waals surface area contributed by atoms with E-state index in [9.17, 15) is 27.2 Å². The molecule has 2 aromatic heterocycles. The van der Waals surface area contributed by atoms with Crippen molar-refractivity contribution in [3.8, 4) is 5.69 Å². The van der Waals surface area contributed by atoms with Crippen molar-refractivity contribution in [3.05, 3.63) is 81.8 Å². The number of carbonyl (C=O) groups excluding carboxylic acids is 1. The van der Waals surface area contributed by atoms with Crippen molar-refractivity contribution in [3.63, 3.8) is 0 Å². The number of halogens is 4. The minimum atomic E-state index is -4.89. The molecule has 0 radical (unpaired) electrons. The molecule has 11 heteroatoms. The number of hydrogen-bond acceptors (Lipinski definition) is 4. The van der Waals surface area contributed by atoms with Gasteiger partial charge in [-0.2, -0.15) is 18.3 Å². The van der Waals surface area contributed by atoms with Gasteiger partial charge in [-0.15, -0.1) is 0 Å². The molecule has 1 N–H and O–H groups in total. The minimum absolute atomic E-state index is 0.0531. The van der Waals surface area contributed by atoms with Crippen LogP contribution in [0.3, 0.4) is 0 Å². The fourth-order valence-corrected chi connectivity index (χ4v) is 3.50. The highest BCUT2D eigenvalue weighted by atomic mass is 19.4. The normalized spacial score (nSPS) is 11.7. The average molecular weight is 473 g/mol. The Morgan fingerprint density at radius 3 is 2.47 bits per heavy atom. The van der Waals surface area contributed by atoms with Crippen LogP contribution in [0.25, 0.3) is 16.7 Å². The Morgan fingerprint density at radius 1 is 1.09 bits per heavy atom. The summed E-state index contributed by atoms with van der Waals surface area (Å²) in [6, 6.07) is 9.73. The lowest BCUT2D eigenvalue weighted by atomic mass is 10.1. The number of benzene rings is 2. The van der Waals surface area contributed by atoms with E-state index in [1.54, 1.807) is 11.6 Å². The molecule has 0 saturated carbocycles. The SMILES string of the molecule is Cc1ccc(-n2ncc3c(=O)n(CCC(=O)Nc4ccc(F)c(C(F)(F)F)c4)c(C)nc32)cc1. The number of amides is 1. The summed E-state index contributed by atoms with van der Waals surface area (Å²) in [4.78, 5) is 29.7. The van der Waals surface area contributed by atoms with Gasteiger partial charge in [0.1, 0.15) is 17.0 Å². The molecule has 0 aliphatic heterocycles. The highest BCUT2D eigenvalue weighted by Gasteiger charge is 2.34. The molecular formula is C23H19F4N5O2. The minimum Gasteiger partial charge on any atom is -0.326 e. The maximum atomic E-state index is 13.4. The third-order valence-electron chi connectivity index (χ3n) is 5.27. The monoisotopic (exact) mass is 473 g/mol. The summed E-state index contributed by atoms with van der Waals surface area (Å²) in [5.41, 5.74) is 0.114. The number of carbonyl (C=O) groups is 1. The highest BCUT2D eigenvalue weighted by Crippen LogP contribution is 2.33. The number of aromatic nitrogens is 4. The predicted octanol–water partition coefficient (Wildman–Crippen LogP) is 4.39. The van der Waals surface area contributed by atoms with Gasteiger partial charge >= 0.3 is 6.18 Å². The van der Waals surface area contributed by atoms with Gasteiger partial charge in [-0.25, -0.2) is 14.1 Å². The van der Waals surface area contributed by atoms with Crippen molar-refractivity contribution in [2.75, 3.05) is 5.32 Å². The second kappa shape index (κ2) is 8.73. The third-order valence-corrected chi connectivity index (χ3v) is 5.27. The molecular weight excluding hydrogens is 454 g/mol. The Morgan fingerprint density at radius 2 is 1.79 bits per heavy atom. The standard InChI is InChI=1S/C23H19F4N5O2/c1-13-3-6-16(7-4-13)32-21-17(12-28-32)22(34)31(14(2)29-21)10-9-20(33)30-15-5-8-19(24)18(11-15)23(25,26)27/h3-8,11-12H,9-10H2,1-2H3,(H,30,33).